The molecule has 0 spiro atoms. The van der Waals surface area contributed by atoms with E-state index in [9.17, 15) is 23.5 Å². The lowest BCUT2D eigenvalue weighted by Gasteiger charge is -2.37. The zero-order valence-corrected chi connectivity index (χ0v) is 21.6. The predicted molar refractivity (Wildman–Crippen MR) is 135 cm³/mol. The Labute approximate surface area is 215 Å². The Morgan fingerprint density at radius 3 is 2.46 bits per heavy atom. The van der Waals surface area contributed by atoms with Crippen LogP contribution in [0.5, 0.6) is 0 Å². The Morgan fingerprint density at radius 2 is 1.76 bits per heavy atom. The standard InChI is InChI=1S/C27H35F2N5O3/c1-18-4-3-5-22(19(18)2)31-12-14-32(15-13-31)24(36)17-34-23-16-27(28,29)9-6-21(23)25(30-34)26(37)33-10-7-20(35)8-11-33/h3-5,20,35H,6-17H2,1-2H3. The number of carbonyl (C=O) groups excluding carboxylic acids is 2. The zero-order valence-electron chi connectivity index (χ0n) is 21.6. The van der Waals surface area contributed by atoms with E-state index >= 15 is 0 Å². The minimum atomic E-state index is -2.89. The van der Waals surface area contributed by atoms with E-state index in [-0.39, 0.29) is 36.9 Å². The van der Waals surface area contributed by atoms with E-state index in [1.54, 1.807) is 9.80 Å². The highest BCUT2D eigenvalue weighted by Gasteiger charge is 2.40. The van der Waals surface area contributed by atoms with Crippen LogP contribution in [0.4, 0.5) is 14.5 Å². The lowest BCUT2D eigenvalue weighted by Crippen LogP contribution is -2.50. The maximum Gasteiger partial charge on any atom is 0.274 e. The van der Waals surface area contributed by atoms with Crippen LogP contribution >= 0.6 is 0 Å². The summed E-state index contributed by atoms with van der Waals surface area (Å²) < 4.78 is 30.1. The number of aliphatic hydroxyl groups is 1. The van der Waals surface area contributed by atoms with Gasteiger partial charge >= 0.3 is 0 Å². The average Bonchev–Trinajstić information content (AvgIpc) is 3.22. The molecular formula is C27H35F2N5O3. The molecule has 0 atom stereocenters. The number of benzene rings is 1. The van der Waals surface area contributed by atoms with Crippen LogP contribution in [0.25, 0.3) is 0 Å². The van der Waals surface area contributed by atoms with Crippen molar-refractivity contribution in [3.63, 3.8) is 0 Å². The van der Waals surface area contributed by atoms with Crippen molar-refractivity contribution in [2.24, 2.45) is 0 Å². The molecule has 1 N–H and O–H groups in total. The Kier molecular flexibility index (Phi) is 6.95. The maximum absolute atomic E-state index is 14.4. The fourth-order valence-corrected chi connectivity index (χ4v) is 5.66. The molecule has 2 fully saturated rings. The van der Waals surface area contributed by atoms with Crippen LogP contribution in [0.3, 0.4) is 0 Å². The van der Waals surface area contributed by atoms with Gasteiger partial charge in [-0.15, -0.1) is 0 Å². The molecule has 10 heteroatoms. The summed E-state index contributed by atoms with van der Waals surface area (Å²) in [4.78, 5) is 32.1. The van der Waals surface area contributed by atoms with Crippen LogP contribution in [0, 0.1) is 13.8 Å². The highest BCUT2D eigenvalue weighted by atomic mass is 19.3. The van der Waals surface area contributed by atoms with E-state index in [1.807, 2.05) is 6.07 Å². The van der Waals surface area contributed by atoms with E-state index in [0.29, 0.717) is 63.4 Å². The molecule has 200 valence electrons. The summed E-state index contributed by atoms with van der Waals surface area (Å²) in [5.74, 6) is -3.37. The van der Waals surface area contributed by atoms with Gasteiger partial charge in [-0.05, 0) is 50.3 Å². The minimum absolute atomic E-state index is 0.0581. The summed E-state index contributed by atoms with van der Waals surface area (Å²) in [5, 5.41) is 14.2. The van der Waals surface area contributed by atoms with Crippen molar-refractivity contribution < 1.29 is 23.5 Å². The quantitative estimate of drug-likeness (QED) is 0.677. The summed E-state index contributed by atoms with van der Waals surface area (Å²) >= 11 is 0. The lowest BCUT2D eigenvalue weighted by molar-refractivity contribution is -0.132. The number of piperidine rings is 1. The molecule has 0 bridgehead atoms. The molecule has 8 nitrogen and oxygen atoms in total. The van der Waals surface area contributed by atoms with Crippen molar-refractivity contribution in [2.45, 2.75) is 64.5 Å². The van der Waals surface area contributed by atoms with Gasteiger partial charge < -0.3 is 19.8 Å². The number of alkyl halides is 2. The van der Waals surface area contributed by atoms with E-state index in [1.165, 1.54) is 21.5 Å². The van der Waals surface area contributed by atoms with Crippen LogP contribution in [0.2, 0.25) is 0 Å². The van der Waals surface area contributed by atoms with Crippen LogP contribution in [0.1, 0.15) is 52.1 Å². The van der Waals surface area contributed by atoms with Gasteiger partial charge in [0.1, 0.15) is 6.54 Å². The van der Waals surface area contributed by atoms with E-state index in [4.69, 9.17) is 0 Å². The molecule has 2 amide bonds. The number of aromatic nitrogens is 2. The molecule has 1 aromatic heterocycles. The molecular weight excluding hydrogens is 480 g/mol. The summed E-state index contributed by atoms with van der Waals surface area (Å²) in [5.41, 5.74) is 4.63. The summed E-state index contributed by atoms with van der Waals surface area (Å²) in [6.45, 7) is 7.29. The first-order chi connectivity index (χ1) is 17.6. The van der Waals surface area contributed by atoms with Crippen LogP contribution in [-0.2, 0) is 24.2 Å². The third kappa shape index (κ3) is 5.21. The first-order valence-electron chi connectivity index (χ1n) is 13.2. The number of anilines is 1. The predicted octanol–water partition coefficient (Wildman–Crippen LogP) is 2.57. The van der Waals surface area contributed by atoms with E-state index < -0.39 is 18.4 Å². The van der Waals surface area contributed by atoms with Gasteiger partial charge in [-0.2, -0.15) is 5.10 Å². The number of aryl methyl sites for hydroxylation is 1. The number of halogens is 2. The number of hydrogen-bond donors (Lipinski definition) is 1. The van der Waals surface area contributed by atoms with Crippen molar-refractivity contribution in [1.29, 1.82) is 0 Å². The molecule has 0 saturated carbocycles. The Balaban J connectivity index is 1.31. The molecule has 3 aliphatic rings. The fraction of sp³-hybridized carbons (Fsp3) is 0.593. The molecule has 3 heterocycles. The minimum Gasteiger partial charge on any atom is -0.393 e. The van der Waals surface area contributed by atoms with Gasteiger partial charge in [0.15, 0.2) is 5.69 Å². The smallest absolute Gasteiger partial charge is 0.274 e. The van der Waals surface area contributed by atoms with Gasteiger partial charge in [0.2, 0.25) is 5.91 Å². The number of fused-ring (bicyclic) bond motifs is 1. The van der Waals surface area contributed by atoms with Gasteiger partial charge in [0.25, 0.3) is 11.8 Å². The summed E-state index contributed by atoms with van der Waals surface area (Å²) in [6, 6.07) is 6.22. The summed E-state index contributed by atoms with van der Waals surface area (Å²) in [6.07, 6.45) is -0.253. The number of hydrogen-bond acceptors (Lipinski definition) is 5. The first kappa shape index (κ1) is 25.6. The number of aliphatic hydroxyl groups excluding tert-OH is 1. The van der Waals surface area contributed by atoms with Gasteiger partial charge in [-0.3, -0.25) is 14.3 Å². The Hall–Kier alpha value is -3.01. The fourth-order valence-electron chi connectivity index (χ4n) is 5.66. The van der Waals surface area contributed by atoms with Crippen molar-refractivity contribution >= 4 is 17.5 Å². The van der Waals surface area contributed by atoms with Crippen molar-refractivity contribution in [1.82, 2.24) is 19.6 Å². The number of likely N-dealkylation sites (tertiary alicyclic amines) is 1. The van der Waals surface area contributed by atoms with Gasteiger partial charge in [0.05, 0.1) is 12.5 Å². The highest BCUT2D eigenvalue weighted by molar-refractivity contribution is 5.94. The van der Waals surface area contributed by atoms with Crippen LogP contribution < -0.4 is 4.90 Å². The molecule has 37 heavy (non-hydrogen) atoms. The zero-order chi connectivity index (χ0) is 26.3. The Morgan fingerprint density at radius 1 is 1.05 bits per heavy atom. The molecule has 2 aromatic rings. The third-order valence-corrected chi connectivity index (χ3v) is 8.12. The van der Waals surface area contributed by atoms with Crippen molar-refractivity contribution in [2.75, 3.05) is 44.2 Å². The number of rotatable bonds is 4. The van der Waals surface area contributed by atoms with Gasteiger partial charge in [0, 0.05) is 62.6 Å². The van der Waals surface area contributed by atoms with E-state index in [2.05, 4.69) is 36.0 Å². The molecule has 2 aliphatic heterocycles. The van der Waals surface area contributed by atoms with Crippen LogP contribution in [0.15, 0.2) is 18.2 Å². The van der Waals surface area contributed by atoms with Crippen molar-refractivity contribution in [3.05, 3.63) is 46.3 Å². The first-order valence-corrected chi connectivity index (χ1v) is 13.2. The van der Waals surface area contributed by atoms with Crippen molar-refractivity contribution in [3.8, 4) is 0 Å². The van der Waals surface area contributed by atoms with Gasteiger partial charge in [-0.1, -0.05) is 12.1 Å². The lowest BCUT2D eigenvalue weighted by atomic mass is 9.92. The second-order valence-corrected chi connectivity index (χ2v) is 10.6. The van der Waals surface area contributed by atoms with Gasteiger partial charge in [-0.25, -0.2) is 8.78 Å². The molecule has 1 aliphatic carbocycles. The largest absolute Gasteiger partial charge is 0.393 e. The third-order valence-electron chi connectivity index (χ3n) is 8.12. The van der Waals surface area contributed by atoms with E-state index in [0.717, 1.165) is 0 Å². The maximum atomic E-state index is 14.4. The number of amides is 2. The number of piperazine rings is 1. The average molecular weight is 516 g/mol. The molecule has 5 rings (SSSR count). The summed E-state index contributed by atoms with van der Waals surface area (Å²) in [7, 11) is 0. The second-order valence-electron chi connectivity index (χ2n) is 10.6. The molecule has 2 saturated heterocycles. The Bertz CT molecular complexity index is 1180. The second kappa shape index (κ2) is 10.0. The number of carbonyl (C=O) groups is 2. The number of nitrogens with zero attached hydrogens (tertiary/aromatic N) is 5. The molecule has 0 unspecified atom stereocenters. The highest BCUT2D eigenvalue weighted by Crippen LogP contribution is 2.35. The topological polar surface area (TPSA) is 81.9 Å². The monoisotopic (exact) mass is 515 g/mol. The molecule has 0 radical (unpaired) electrons. The molecule has 1 aromatic carbocycles. The van der Waals surface area contributed by atoms with Crippen LogP contribution in [-0.4, -0.2) is 87.8 Å². The normalized spacial score (nSPS) is 20.2. The SMILES string of the molecule is Cc1cccc(N2CCN(C(=O)Cn3nc(C(=O)N4CCC(O)CC4)c4c3CC(F)(F)CC4)CC2)c1C.